The average molecular weight is 264 g/mol. The second-order valence-electron chi connectivity index (χ2n) is 6.06. The van der Waals surface area contributed by atoms with Gasteiger partial charge in [0.15, 0.2) is 0 Å². The van der Waals surface area contributed by atoms with Crippen LogP contribution in [0.3, 0.4) is 0 Å². The fourth-order valence-corrected chi connectivity index (χ4v) is 3.74. The normalized spacial score (nSPS) is 24.8. The smallest absolute Gasteiger partial charge is 0.0715 e. The Morgan fingerprint density at radius 3 is 2.50 bits per heavy atom. The number of hydrogen-bond acceptors (Lipinski definition) is 2. The van der Waals surface area contributed by atoms with Crippen LogP contribution in [0.25, 0.3) is 0 Å². The minimum atomic E-state index is 0.472. The Labute approximate surface area is 120 Å². The van der Waals surface area contributed by atoms with Gasteiger partial charge >= 0.3 is 0 Å². The minimum Gasteiger partial charge on any atom is -0.350 e. The van der Waals surface area contributed by atoms with Crippen LogP contribution in [0.5, 0.6) is 0 Å². The number of nitrogens with zero attached hydrogens (tertiary/aromatic N) is 2. The fourth-order valence-electron chi connectivity index (χ4n) is 3.74. The maximum Gasteiger partial charge on any atom is 0.0715 e. The second kappa shape index (κ2) is 4.35. The quantitative estimate of drug-likeness (QED) is 0.719. The summed E-state index contributed by atoms with van der Waals surface area (Å²) in [6.07, 6.45) is 1.05. The second-order valence-corrected chi connectivity index (χ2v) is 6.06. The molecule has 1 saturated heterocycles. The summed E-state index contributed by atoms with van der Waals surface area (Å²) in [5.74, 6) is 0. The van der Waals surface area contributed by atoms with Crippen molar-refractivity contribution in [2.24, 2.45) is 0 Å². The molecule has 2 heterocycles. The third-order valence-electron chi connectivity index (χ3n) is 4.92. The van der Waals surface area contributed by atoms with Gasteiger partial charge in [0.2, 0.25) is 0 Å². The van der Waals surface area contributed by atoms with Crippen LogP contribution in [0.2, 0.25) is 0 Å². The monoisotopic (exact) mass is 264 g/mol. The zero-order valence-corrected chi connectivity index (χ0v) is 12.1. The number of rotatable bonds is 0. The lowest BCUT2D eigenvalue weighted by molar-refractivity contribution is 0.317. The van der Waals surface area contributed by atoms with Gasteiger partial charge in [-0.25, -0.2) is 0 Å². The molecule has 0 spiro atoms. The predicted octanol–water partition coefficient (Wildman–Crippen LogP) is 3.43. The van der Waals surface area contributed by atoms with Crippen LogP contribution < -0.4 is 4.90 Å². The van der Waals surface area contributed by atoms with Gasteiger partial charge < -0.3 is 4.90 Å². The van der Waals surface area contributed by atoms with E-state index in [2.05, 4.69) is 72.3 Å². The standard InChI is InChI=1S/C18H20N2/c1-13-18-16-9-5-3-7-14(16)11-15-8-4-6-10-17(15)20(18)12-19(13)2/h3-10,13,18H,11-12H2,1-2H3. The predicted molar refractivity (Wildman–Crippen MR) is 83.0 cm³/mol. The van der Waals surface area contributed by atoms with E-state index < -0.39 is 0 Å². The van der Waals surface area contributed by atoms with Crippen molar-refractivity contribution in [1.29, 1.82) is 0 Å². The molecular formula is C18H20N2. The van der Waals surface area contributed by atoms with Crippen LogP contribution in [0.4, 0.5) is 5.69 Å². The lowest BCUT2D eigenvalue weighted by Crippen LogP contribution is -2.26. The average Bonchev–Trinajstić information content (AvgIpc) is 2.68. The lowest BCUT2D eigenvalue weighted by Gasteiger charge is -2.28. The Balaban J connectivity index is 1.96. The highest BCUT2D eigenvalue weighted by atomic mass is 15.4. The number of benzene rings is 2. The first kappa shape index (κ1) is 12.0. The summed E-state index contributed by atoms with van der Waals surface area (Å²) in [5, 5.41) is 0. The Morgan fingerprint density at radius 1 is 0.950 bits per heavy atom. The summed E-state index contributed by atoms with van der Waals surface area (Å²) < 4.78 is 0. The summed E-state index contributed by atoms with van der Waals surface area (Å²) in [6, 6.07) is 18.8. The van der Waals surface area contributed by atoms with Gasteiger partial charge in [-0.05, 0) is 43.1 Å². The van der Waals surface area contributed by atoms with E-state index in [1.54, 1.807) is 0 Å². The molecule has 102 valence electrons. The van der Waals surface area contributed by atoms with Crippen molar-refractivity contribution in [3.05, 3.63) is 65.2 Å². The van der Waals surface area contributed by atoms with Crippen molar-refractivity contribution < 1.29 is 0 Å². The van der Waals surface area contributed by atoms with Gasteiger partial charge in [-0.15, -0.1) is 0 Å². The van der Waals surface area contributed by atoms with E-state index in [1.807, 2.05) is 0 Å². The van der Waals surface area contributed by atoms with Crippen molar-refractivity contribution in [2.75, 3.05) is 18.6 Å². The third-order valence-corrected chi connectivity index (χ3v) is 4.92. The molecule has 0 radical (unpaired) electrons. The minimum absolute atomic E-state index is 0.472. The topological polar surface area (TPSA) is 6.48 Å². The number of likely N-dealkylation sites (N-methyl/N-ethyl adjacent to an activating group) is 1. The summed E-state index contributed by atoms with van der Waals surface area (Å²) in [4.78, 5) is 5.02. The molecule has 20 heavy (non-hydrogen) atoms. The van der Waals surface area contributed by atoms with Gasteiger partial charge in [-0.1, -0.05) is 42.5 Å². The van der Waals surface area contributed by atoms with Crippen LogP contribution in [-0.2, 0) is 6.42 Å². The van der Waals surface area contributed by atoms with Crippen LogP contribution in [0.15, 0.2) is 48.5 Å². The number of fused-ring (bicyclic) bond motifs is 5. The SMILES string of the molecule is CC1C2c3ccccc3Cc3ccccc3N2CN1C. The van der Waals surface area contributed by atoms with Gasteiger partial charge in [-0.3, -0.25) is 4.90 Å². The number of anilines is 1. The summed E-state index contributed by atoms with van der Waals surface area (Å²) in [6.45, 7) is 3.35. The van der Waals surface area contributed by atoms with E-state index in [0.29, 0.717) is 12.1 Å². The van der Waals surface area contributed by atoms with E-state index in [0.717, 1.165) is 13.1 Å². The highest BCUT2D eigenvalue weighted by Crippen LogP contribution is 2.43. The molecule has 0 amide bonds. The first-order valence-electron chi connectivity index (χ1n) is 7.38. The molecule has 2 nitrogen and oxygen atoms in total. The van der Waals surface area contributed by atoms with Crippen LogP contribution in [0, 0.1) is 0 Å². The summed E-state index contributed by atoms with van der Waals surface area (Å²) >= 11 is 0. The molecule has 0 aliphatic carbocycles. The molecule has 0 bridgehead atoms. The molecule has 0 saturated carbocycles. The molecule has 0 N–H and O–H groups in total. The van der Waals surface area contributed by atoms with Crippen LogP contribution in [-0.4, -0.2) is 24.7 Å². The number of para-hydroxylation sites is 1. The fraction of sp³-hybridized carbons (Fsp3) is 0.333. The Bertz CT molecular complexity index is 649. The number of hydrogen-bond donors (Lipinski definition) is 0. The maximum absolute atomic E-state index is 2.58. The van der Waals surface area contributed by atoms with Crippen LogP contribution in [0.1, 0.15) is 29.7 Å². The molecular weight excluding hydrogens is 244 g/mol. The van der Waals surface area contributed by atoms with E-state index in [1.165, 1.54) is 22.4 Å². The summed E-state index contributed by atoms with van der Waals surface area (Å²) in [7, 11) is 2.23. The molecule has 2 aromatic carbocycles. The molecule has 2 unspecified atom stereocenters. The van der Waals surface area contributed by atoms with Crippen molar-refractivity contribution in [3.63, 3.8) is 0 Å². The van der Waals surface area contributed by atoms with Crippen molar-refractivity contribution in [1.82, 2.24) is 4.90 Å². The lowest BCUT2D eigenvalue weighted by atomic mass is 9.94. The molecule has 2 aromatic rings. The molecule has 2 aliphatic rings. The van der Waals surface area contributed by atoms with Crippen molar-refractivity contribution >= 4 is 5.69 Å². The first-order chi connectivity index (χ1) is 9.75. The van der Waals surface area contributed by atoms with E-state index in [4.69, 9.17) is 0 Å². The largest absolute Gasteiger partial charge is 0.350 e. The summed E-state index contributed by atoms with van der Waals surface area (Å²) in [5.41, 5.74) is 5.84. The Hall–Kier alpha value is -1.80. The highest BCUT2D eigenvalue weighted by Gasteiger charge is 2.39. The first-order valence-corrected chi connectivity index (χ1v) is 7.38. The van der Waals surface area contributed by atoms with Crippen molar-refractivity contribution in [3.8, 4) is 0 Å². The molecule has 0 aromatic heterocycles. The van der Waals surface area contributed by atoms with Gasteiger partial charge in [0, 0.05) is 11.7 Å². The Morgan fingerprint density at radius 2 is 1.65 bits per heavy atom. The molecule has 2 atom stereocenters. The zero-order chi connectivity index (χ0) is 13.7. The third kappa shape index (κ3) is 1.61. The van der Waals surface area contributed by atoms with E-state index in [-0.39, 0.29) is 0 Å². The van der Waals surface area contributed by atoms with E-state index >= 15 is 0 Å². The molecule has 2 aliphatic heterocycles. The van der Waals surface area contributed by atoms with Gasteiger partial charge in [0.05, 0.1) is 12.7 Å². The van der Waals surface area contributed by atoms with Gasteiger partial charge in [0.1, 0.15) is 0 Å². The molecule has 1 fully saturated rings. The van der Waals surface area contributed by atoms with Crippen LogP contribution >= 0.6 is 0 Å². The molecule has 4 rings (SSSR count). The Kier molecular flexibility index (Phi) is 2.61. The van der Waals surface area contributed by atoms with Gasteiger partial charge in [-0.2, -0.15) is 0 Å². The highest BCUT2D eigenvalue weighted by molar-refractivity contribution is 5.61. The van der Waals surface area contributed by atoms with Crippen molar-refractivity contribution in [2.45, 2.75) is 25.4 Å². The zero-order valence-electron chi connectivity index (χ0n) is 12.1. The van der Waals surface area contributed by atoms with E-state index in [9.17, 15) is 0 Å². The molecule has 2 heteroatoms. The maximum atomic E-state index is 2.58. The van der Waals surface area contributed by atoms with Gasteiger partial charge in [0.25, 0.3) is 0 Å².